The highest BCUT2D eigenvalue weighted by Gasteiger charge is 2.10. The third-order valence-electron chi connectivity index (χ3n) is 3.43. The molecular formula is C19H15FN2O3. The van der Waals surface area contributed by atoms with Crippen LogP contribution in [0.3, 0.4) is 0 Å². The zero-order valence-corrected chi connectivity index (χ0v) is 13.1. The van der Waals surface area contributed by atoms with Crippen molar-refractivity contribution in [3.05, 3.63) is 83.8 Å². The number of aromatic hydroxyl groups is 1. The number of carbonyl (C=O) groups is 1. The molecule has 0 spiro atoms. The van der Waals surface area contributed by atoms with E-state index in [4.69, 9.17) is 4.74 Å². The van der Waals surface area contributed by atoms with Gasteiger partial charge in [-0.25, -0.2) is 9.37 Å². The molecule has 0 unspecified atom stereocenters. The summed E-state index contributed by atoms with van der Waals surface area (Å²) in [6, 6.07) is 15.6. The molecule has 0 bridgehead atoms. The number of benzene rings is 2. The van der Waals surface area contributed by atoms with Gasteiger partial charge < -0.3 is 15.2 Å². The zero-order valence-electron chi connectivity index (χ0n) is 13.1. The van der Waals surface area contributed by atoms with Crippen molar-refractivity contribution in [2.45, 2.75) is 6.61 Å². The number of hydrogen-bond donors (Lipinski definition) is 2. The van der Waals surface area contributed by atoms with E-state index in [9.17, 15) is 14.3 Å². The number of pyridine rings is 1. The van der Waals surface area contributed by atoms with E-state index in [2.05, 4.69) is 10.3 Å². The molecule has 0 saturated heterocycles. The molecule has 3 rings (SSSR count). The molecule has 1 amide bonds. The molecule has 0 aliphatic carbocycles. The first-order chi connectivity index (χ1) is 12.1. The van der Waals surface area contributed by atoms with Crippen LogP contribution in [0.4, 0.5) is 10.2 Å². The summed E-state index contributed by atoms with van der Waals surface area (Å²) in [6.07, 6.45) is 1.47. The number of rotatable bonds is 5. The van der Waals surface area contributed by atoms with E-state index in [0.717, 1.165) is 5.56 Å². The van der Waals surface area contributed by atoms with Crippen LogP contribution in [0, 0.1) is 5.82 Å². The molecule has 126 valence electrons. The van der Waals surface area contributed by atoms with Gasteiger partial charge in [-0.2, -0.15) is 0 Å². The third-order valence-corrected chi connectivity index (χ3v) is 3.43. The summed E-state index contributed by atoms with van der Waals surface area (Å²) < 4.78 is 18.5. The van der Waals surface area contributed by atoms with Gasteiger partial charge in [0.1, 0.15) is 18.2 Å². The van der Waals surface area contributed by atoms with Crippen molar-refractivity contribution in [1.82, 2.24) is 4.98 Å². The Morgan fingerprint density at radius 2 is 1.92 bits per heavy atom. The fraction of sp³-hybridized carbons (Fsp3) is 0.0526. The first-order valence-corrected chi connectivity index (χ1v) is 7.54. The summed E-state index contributed by atoms with van der Waals surface area (Å²) >= 11 is 0. The molecule has 0 aliphatic heterocycles. The minimum Gasteiger partial charge on any atom is -0.504 e. The van der Waals surface area contributed by atoms with Crippen LogP contribution in [0.15, 0.2) is 66.9 Å². The zero-order chi connectivity index (χ0) is 17.6. The second-order valence-corrected chi connectivity index (χ2v) is 5.27. The summed E-state index contributed by atoms with van der Waals surface area (Å²) in [4.78, 5) is 16.2. The Morgan fingerprint density at radius 3 is 2.68 bits per heavy atom. The Kier molecular flexibility index (Phi) is 4.89. The normalized spacial score (nSPS) is 10.3. The minimum atomic E-state index is -0.416. The van der Waals surface area contributed by atoms with Gasteiger partial charge in [0.15, 0.2) is 11.6 Å². The largest absolute Gasteiger partial charge is 0.504 e. The van der Waals surface area contributed by atoms with E-state index in [1.165, 1.54) is 24.4 Å². The van der Waals surface area contributed by atoms with Crippen LogP contribution < -0.4 is 10.1 Å². The van der Waals surface area contributed by atoms with E-state index < -0.39 is 5.91 Å². The topological polar surface area (TPSA) is 71.5 Å². The Balaban J connectivity index is 1.67. The first kappa shape index (κ1) is 16.4. The lowest BCUT2D eigenvalue weighted by molar-refractivity contribution is 0.102. The lowest BCUT2D eigenvalue weighted by Crippen LogP contribution is -2.13. The Morgan fingerprint density at radius 1 is 1.12 bits per heavy atom. The Bertz CT molecular complexity index is 882. The highest BCUT2D eigenvalue weighted by molar-refractivity contribution is 6.04. The molecule has 2 N–H and O–H groups in total. The number of carbonyl (C=O) groups excluding carboxylic acids is 1. The van der Waals surface area contributed by atoms with E-state index in [1.54, 1.807) is 42.5 Å². The smallest absolute Gasteiger partial charge is 0.257 e. The number of ether oxygens (including phenoxy) is 1. The maximum Gasteiger partial charge on any atom is 0.257 e. The lowest BCUT2D eigenvalue weighted by atomic mass is 10.2. The summed E-state index contributed by atoms with van der Waals surface area (Å²) in [5.74, 6) is -0.242. The van der Waals surface area contributed by atoms with Gasteiger partial charge in [0.2, 0.25) is 0 Å². The average molecular weight is 338 g/mol. The highest BCUT2D eigenvalue weighted by atomic mass is 19.1. The minimum absolute atomic E-state index is 0.0881. The standard InChI is InChI=1S/C19H15FN2O3/c20-15-8-6-13(7-9-15)12-25-16-4-1-3-14(11-16)19(24)22-18-17(23)5-2-10-21-18/h1-11,23H,12H2,(H,21,22,24). The molecule has 5 nitrogen and oxygen atoms in total. The van der Waals surface area contributed by atoms with Crippen LogP contribution in [0.1, 0.15) is 15.9 Å². The third kappa shape index (κ3) is 4.32. The highest BCUT2D eigenvalue weighted by Crippen LogP contribution is 2.21. The van der Waals surface area contributed by atoms with Crippen LogP contribution in [0.5, 0.6) is 11.5 Å². The fourth-order valence-corrected chi connectivity index (χ4v) is 2.15. The van der Waals surface area contributed by atoms with E-state index >= 15 is 0 Å². The molecule has 0 atom stereocenters. The summed E-state index contributed by atoms with van der Waals surface area (Å²) in [5, 5.41) is 12.2. The molecule has 1 heterocycles. The van der Waals surface area contributed by atoms with Gasteiger partial charge in [-0.3, -0.25) is 4.79 Å². The second-order valence-electron chi connectivity index (χ2n) is 5.27. The van der Waals surface area contributed by atoms with Crippen molar-refractivity contribution >= 4 is 11.7 Å². The predicted molar refractivity (Wildman–Crippen MR) is 91.0 cm³/mol. The number of halogens is 1. The average Bonchev–Trinajstić information content (AvgIpc) is 2.63. The SMILES string of the molecule is O=C(Nc1ncccc1O)c1cccc(OCc2ccc(F)cc2)c1. The van der Waals surface area contributed by atoms with E-state index in [1.807, 2.05) is 0 Å². The molecule has 2 aromatic carbocycles. The number of nitrogens with zero attached hydrogens (tertiary/aromatic N) is 1. The van der Waals surface area contributed by atoms with Crippen LogP contribution in [-0.2, 0) is 6.61 Å². The van der Waals surface area contributed by atoms with Gasteiger partial charge >= 0.3 is 0 Å². The molecule has 0 fully saturated rings. The Hall–Kier alpha value is -3.41. The first-order valence-electron chi connectivity index (χ1n) is 7.54. The van der Waals surface area contributed by atoms with Gasteiger partial charge in [-0.05, 0) is 48.0 Å². The predicted octanol–water partition coefficient (Wildman–Crippen LogP) is 3.76. The lowest BCUT2D eigenvalue weighted by Gasteiger charge is -2.09. The van der Waals surface area contributed by atoms with Crippen LogP contribution in [0.2, 0.25) is 0 Å². The molecule has 0 aliphatic rings. The van der Waals surface area contributed by atoms with Gasteiger partial charge in [-0.1, -0.05) is 18.2 Å². The molecule has 1 aromatic heterocycles. The van der Waals surface area contributed by atoms with Crippen LogP contribution >= 0.6 is 0 Å². The molecule has 6 heteroatoms. The monoisotopic (exact) mass is 338 g/mol. The summed E-state index contributed by atoms with van der Waals surface area (Å²) in [7, 11) is 0. The number of hydrogen-bond acceptors (Lipinski definition) is 4. The molecule has 0 radical (unpaired) electrons. The van der Waals surface area contributed by atoms with Crippen molar-refractivity contribution in [3.63, 3.8) is 0 Å². The van der Waals surface area contributed by atoms with Gasteiger partial charge in [-0.15, -0.1) is 0 Å². The fourth-order valence-electron chi connectivity index (χ4n) is 2.15. The van der Waals surface area contributed by atoms with Crippen molar-refractivity contribution in [2.24, 2.45) is 0 Å². The number of aromatic nitrogens is 1. The van der Waals surface area contributed by atoms with Crippen LogP contribution in [0.25, 0.3) is 0 Å². The summed E-state index contributed by atoms with van der Waals surface area (Å²) in [6.45, 7) is 0.256. The van der Waals surface area contributed by atoms with Crippen molar-refractivity contribution in [3.8, 4) is 11.5 Å². The quantitative estimate of drug-likeness (QED) is 0.743. The number of nitrogens with one attached hydrogen (secondary N) is 1. The van der Waals surface area contributed by atoms with E-state index in [-0.39, 0.29) is 24.0 Å². The number of amides is 1. The van der Waals surface area contributed by atoms with Gasteiger partial charge in [0.05, 0.1) is 0 Å². The second kappa shape index (κ2) is 7.44. The van der Waals surface area contributed by atoms with Crippen molar-refractivity contribution in [2.75, 3.05) is 5.32 Å². The Labute approximate surface area is 143 Å². The van der Waals surface area contributed by atoms with E-state index in [0.29, 0.717) is 11.3 Å². The molecule has 3 aromatic rings. The molecule has 0 saturated carbocycles. The maximum atomic E-state index is 12.9. The molecule has 25 heavy (non-hydrogen) atoms. The van der Waals surface area contributed by atoms with Crippen molar-refractivity contribution in [1.29, 1.82) is 0 Å². The van der Waals surface area contributed by atoms with Gasteiger partial charge in [0.25, 0.3) is 5.91 Å². The molecular weight excluding hydrogens is 323 g/mol. The summed E-state index contributed by atoms with van der Waals surface area (Å²) in [5.41, 5.74) is 1.18. The van der Waals surface area contributed by atoms with Crippen molar-refractivity contribution < 1.29 is 19.0 Å². The van der Waals surface area contributed by atoms with Crippen LogP contribution in [-0.4, -0.2) is 16.0 Å². The van der Waals surface area contributed by atoms with Gasteiger partial charge in [0, 0.05) is 11.8 Å². The number of anilines is 1. The maximum absolute atomic E-state index is 12.9.